The maximum atomic E-state index is 14.2. The second-order valence-corrected chi connectivity index (χ2v) is 13.1. The van der Waals surface area contributed by atoms with Crippen LogP contribution >= 0.6 is 0 Å². The van der Waals surface area contributed by atoms with Gasteiger partial charge in [0.2, 0.25) is 29.5 Å². The van der Waals surface area contributed by atoms with Gasteiger partial charge in [0.05, 0.1) is 20.3 Å². The number of hydrogen-bond acceptors (Lipinski definition) is 13. The molecular formula is C36H51N9O11. The number of phenolic OH excluding ortho intramolecular Hbond substituents is 2. The van der Waals surface area contributed by atoms with Gasteiger partial charge >= 0.3 is 5.97 Å². The number of aliphatic imine (C=N–C) groups is 1. The summed E-state index contributed by atoms with van der Waals surface area (Å²) in [5.41, 5.74) is 17.5. The quantitative estimate of drug-likeness (QED) is 0.0267. The van der Waals surface area contributed by atoms with Crippen LogP contribution in [0.2, 0.25) is 0 Å². The molecule has 1 fully saturated rings. The number of esters is 1. The third kappa shape index (κ3) is 13.4. The Morgan fingerprint density at radius 3 is 1.86 bits per heavy atom. The number of carbonyl (C=O) groups is 6. The van der Waals surface area contributed by atoms with Crippen LogP contribution in [0.1, 0.15) is 36.8 Å². The van der Waals surface area contributed by atoms with Crippen molar-refractivity contribution >= 4 is 41.5 Å². The molecule has 20 nitrogen and oxygen atoms in total. The number of methoxy groups -OCH3 is 1. The zero-order valence-corrected chi connectivity index (χ0v) is 30.9. The number of nitrogens with one attached hydrogen (secondary N) is 4. The van der Waals surface area contributed by atoms with E-state index in [1.165, 1.54) is 29.2 Å². The number of aromatic hydroxyl groups is 2. The molecule has 2 aromatic carbocycles. The second-order valence-electron chi connectivity index (χ2n) is 13.1. The Morgan fingerprint density at radius 1 is 0.786 bits per heavy atom. The highest BCUT2D eigenvalue weighted by molar-refractivity contribution is 5.97. The standard InChI is InChI=1S/C36H51N9O11/c1-56-35(55)27(17-21-8-12-23(49)13-9-21)43-32(52)28(19-47)44-33(53)29-5-3-15-45(29)34(54)26(16-20-6-10-22(48)11-7-20)42-31(51)25(4-2-14-40-36(38)39)41-30(50)24(37)18-46/h6-13,24-29,46-49H,2-5,14-19,37H2,1H3,(H,41,50)(H,42,51)(H,43,52)(H,44,53)(H4,38,39,40)/t24-,25-,26-,27-,28-,29-/m0/s1. The Bertz CT molecular complexity index is 1690. The fourth-order valence-electron chi connectivity index (χ4n) is 5.92. The van der Waals surface area contributed by atoms with Gasteiger partial charge in [-0.25, -0.2) is 4.79 Å². The van der Waals surface area contributed by atoms with Crippen LogP contribution in [0.5, 0.6) is 11.5 Å². The van der Waals surface area contributed by atoms with E-state index in [-0.39, 0.29) is 62.7 Å². The van der Waals surface area contributed by atoms with Crippen LogP contribution < -0.4 is 38.5 Å². The molecule has 5 amide bonds. The van der Waals surface area contributed by atoms with Crippen LogP contribution in [0.25, 0.3) is 0 Å². The van der Waals surface area contributed by atoms with Gasteiger partial charge in [-0.1, -0.05) is 24.3 Å². The monoisotopic (exact) mass is 785 g/mol. The summed E-state index contributed by atoms with van der Waals surface area (Å²) < 4.78 is 4.82. The van der Waals surface area contributed by atoms with Gasteiger partial charge in [-0.05, 0) is 61.1 Å². The molecule has 1 aliphatic heterocycles. The molecule has 0 spiro atoms. The molecule has 0 aromatic heterocycles. The minimum absolute atomic E-state index is 0.00270. The number of phenols is 2. The molecule has 20 heteroatoms. The van der Waals surface area contributed by atoms with E-state index in [0.717, 1.165) is 7.11 Å². The smallest absolute Gasteiger partial charge is 0.328 e. The largest absolute Gasteiger partial charge is 0.508 e. The van der Waals surface area contributed by atoms with Crippen molar-refractivity contribution in [3.8, 4) is 11.5 Å². The van der Waals surface area contributed by atoms with E-state index in [2.05, 4.69) is 26.3 Å². The molecule has 306 valence electrons. The number of carbonyl (C=O) groups excluding carboxylic acids is 6. The highest BCUT2D eigenvalue weighted by Gasteiger charge is 2.40. The fraction of sp³-hybridized carbons (Fsp3) is 0.472. The first-order valence-corrected chi connectivity index (χ1v) is 17.9. The summed E-state index contributed by atoms with van der Waals surface area (Å²) in [6.07, 6.45) is 0.658. The van der Waals surface area contributed by atoms with Crippen molar-refractivity contribution in [3.05, 3.63) is 59.7 Å². The Morgan fingerprint density at radius 2 is 1.32 bits per heavy atom. The van der Waals surface area contributed by atoms with E-state index in [1.54, 1.807) is 24.3 Å². The number of amides is 5. The lowest BCUT2D eigenvalue weighted by Gasteiger charge is -2.31. The molecule has 0 saturated carbocycles. The number of ether oxygens (including phenoxy) is 1. The van der Waals surface area contributed by atoms with Gasteiger partial charge in [-0.3, -0.25) is 29.0 Å². The predicted molar refractivity (Wildman–Crippen MR) is 200 cm³/mol. The van der Waals surface area contributed by atoms with Crippen molar-refractivity contribution < 1.29 is 53.9 Å². The third-order valence-corrected chi connectivity index (χ3v) is 8.93. The van der Waals surface area contributed by atoms with Crippen molar-refractivity contribution in [2.75, 3.05) is 33.4 Å². The third-order valence-electron chi connectivity index (χ3n) is 8.93. The number of nitrogens with zero attached hydrogens (tertiary/aromatic N) is 2. The maximum Gasteiger partial charge on any atom is 0.328 e. The zero-order chi connectivity index (χ0) is 41.4. The number of likely N-dealkylation sites (tertiary alicyclic amines) is 1. The minimum atomic E-state index is -1.53. The van der Waals surface area contributed by atoms with Gasteiger partial charge in [-0.2, -0.15) is 0 Å². The van der Waals surface area contributed by atoms with Crippen molar-refractivity contribution in [2.24, 2.45) is 22.2 Å². The maximum absolute atomic E-state index is 14.2. The fourth-order valence-corrected chi connectivity index (χ4v) is 5.92. The molecular weight excluding hydrogens is 734 g/mol. The van der Waals surface area contributed by atoms with Gasteiger partial charge < -0.3 is 68.5 Å². The topological polar surface area (TPSA) is 334 Å². The molecule has 2 aromatic rings. The lowest BCUT2D eigenvalue weighted by molar-refractivity contribution is -0.146. The number of hydrogen-bond donors (Lipinski definition) is 11. The van der Waals surface area contributed by atoms with Gasteiger partial charge in [0.15, 0.2) is 5.96 Å². The van der Waals surface area contributed by atoms with E-state index in [9.17, 15) is 49.2 Å². The van der Waals surface area contributed by atoms with Crippen LogP contribution in [0.3, 0.4) is 0 Å². The van der Waals surface area contributed by atoms with Crippen molar-refractivity contribution in [1.29, 1.82) is 0 Å². The molecule has 1 heterocycles. The molecule has 1 aliphatic rings. The first-order chi connectivity index (χ1) is 26.7. The number of guanidine groups is 1. The van der Waals surface area contributed by atoms with Crippen molar-refractivity contribution in [3.63, 3.8) is 0 Å². The molecule has 14 N–H and O–H groups in total. The van der Waals surface area contributed by atoms with Crippen LogP contribution in [-0.2, 0) is 46.3 Å². The van der Waals surface area contributed by atoms with E-state index in [1.807, 2.05) is 0 Å². The van der Waals surface area contributed by atoms with Crippen LogP contribution in [0, 0.1) is 0 Å². The number of rotatable bonds is 20. The number of benzene rings is 2. The second kappa shape index (κ2) is 21.8. The highest BCUT2D eigenvalue weighted by atomic mass is 16.5. The normalized spacial score (nSPS) is 16.3. The number of aliphatic hydroxyl groups is 2. The van der Waals surface area contributed by atoms with Crippen LogP contribution in [0.15, 0.2) is 53.5 Å². The summed E-state index contributed by atoms with van der Waals surface area (Å²) in [4.78, 5) is 85.1. The Kier molecular flexibility index (Phi) is 17.3. The summed E-state index contributed by atoms with van der Waals surface area (Å²) in [5.74, 6) is -4.99. The van der Waals surface area contributed by atoms with Gasteiger partial charge in [-0.15, -0.1) is 0 Å². The molecule has 0 aliphatic carbocycles. The van der Waals surface area contributed by atoms with Gasteiger partial charge in [0.1, 0.15) is 47.8 Å². The van der Waals surface area contributed by atoms with Gasteiger partial charge in [0.25, 0.3) is 0 Å². The SMILES string of the molecule is COC(=O)[C@H](Cc1ccc(O)cc1)NC(=O)[C@H](CO)NC(=O)[C@@H]1CCCN1C(=O)[C@H](Cc1ccc(O)cc1)NC(=O)[C@H](CCCN=C(N)N)NC(=O)[C@@H](N)CO. The average molecular weight is 786 g/mol. The summed E-state index contributed by atoms with van der Waals surface area (Å²) >= 11 is 0. The first-order valence-electron chi connectivity index (χ1n) is 17.9. The Labute approximate surface area is 322 Å². The summed E-state index contributed by atoms with van der Waals surface area (Å²) in [6.45, 7) is -1.35. The molecule has 0 bridgehead atoms. The lowest BCUT2D eigenvalue weighted by atomic mass is 10.0. The minimum Gasteiger partial charge on any atom is -0.508 e. The molecule has 6 atom stereocenters. The zero-order valence-electron chi connectivity index (χ0n) is 30.9. The summed E-state index contributed by atoms with van der Waals surface area (Å²) in [5, 5.41) is 48.9. The van der Waals surface area contributed by atoms with Crippen molar-refractivity contribution in [2.45, 2.75) is 74.8 Å². The number of aliphatic hydroxyl groups excluding tert-OH is 2. The van der Waals surface area contributed by atoms with Crippen molar-refractivity contribution in [1.82, 2.24) is 26.2 Å². The number of nitrogens with two attached hydrogens (primary N) is 3. The molecule has 56 heavy (non-hydrogen) atoms. The van der Waals surface area contributed by atoms with Crippen LogP contribution in [-0.4, -0.2) is 136 Å². The van der Waals surface area contributed by atoms with Gasteiger partial charge in [0, 0.05) is 25.9 Å². The summed E-state index contributed by atoms with van der Waals surface area (Å²) in [7, 11) is 1.13. The predicted octanol–water partition coefficient (Wildman–Crippen LogP) is -3.65. The summed E-state index contributed by atoms with van der Waals surface area (Å²) in [6, 6.07) is 4.00. The average Bonchev–Trinajstić information content (AvgIpc) is 3.68. The Balaban J connectivity index is 1.81. The Hall–Kier alpha value is -5.99. The highest BCUT2D eigenvalue weighted by Crippen LogP contribution is 2.21. The van der Waals surface area contributed by atoms with E-state index in [0.29, 0.717) is 17.5 Å². The molecule has 1 saturated heterocycles. The van der Waals surface area contributed by atoms with Crippen LogP contribution in [0.4, 0.5) is 0 Å². The van der Waals surface area contributed by atoms with E-state index in [4.69, 9.17) is 21.9 Å². The molecule has 0 unspecified atom stereocenters. The van der Waals surface area contributed by atoms with E-state index < -0.39 is 85.0 Å². The lowest BCUT2D eigenvalue weighted by Crippen LogP contribution is -2.60. The first kappa shape index (κ1) is 44.4. The molecule has 0 radical (unpaired) electrons. The van der Waals surface area contributed by atoms with E-state index >= 15 is 0 Å². The molecule has 3 rings (SSSR count).